The SMILES string of the molecule is CC(C)(C)OC(=O)N1CCC2(CC1)C[C@H]2CBr. The Morgan fingerprint density at radius 3 is 2.41 bits per heavy atom. The zero-order chi connectivity index (χ0) is 12.7. The summed E-state index contributed by atoms with van der Waals surface area (Å²) < 4.78 is 5.40. The summed E-state index contributed by atoms with van der Waals surface area (Å²) in [5.74, 6) is 0.836. The molecule has 0 unspecified atom stereocenters. The highest BCUT2D eigenvalue weighted by atomic mass is 79.9. The number of hydrogen-bond acceptors (Lipinski definition) is 2. The van der Waals surface area contributed by atoms with Gasteiger partial charge in [-0.2, -0.15) is 0 Å². The summed E-state index contributed by atoms with van der Waals surface area (Å²) in [5.41, 5.74) is 0.159. The quantitative estimate of drug-likeness (QED) is 0.695. The van der Waals surface area contributed by atoms with E-state index in [9.17, 15) is 4.79 Å². The monoisotopic (exact) mass is 303 g/mol. The van der Waals surface area contributed by atoms with Crippen molar-refractivity contribution in [2.24, 2.45) is 11.3 Å². The normalized spacial score (nSPS) is 27.1. The third-order valence-corrected chi connectivity index (χ3v) is 4.74. The maximum absolute atomic E-state index is 11.9. The smallest absolute Gasteiger partial charge is 0.410 e. The molecule has 17 heavy (non-hydrogen) atoms. The number of likely N-dealkylation sites (tertiary alicyclic amines) is 1. The summed E-state index contributed by atoms with van der Waals surface area (Å²) in [6.45, 7) is 7.46. The number of hydrogen-bond donors (Lipinski definition) is 0. The van der Waals surface area contributed by atoms with E-state index in [4.69, 9.17) is 4.74 Å². The molecule has 2 aliphatic rings. The van der Waals surface area contributed by atoms with Crippen molar-refractivity contribution >= 4 is 22.0 Å². The van der Waals surface area contributed by atoms with Gasteiger partial charge in [0.05, 0.1) is 0 Å². The van der Waals surface area contributed by atoms with E-state index in [1.807, 2.05) is 25.7 Å². The summed E-state index contributed by atoms with van der Waals surface area (Å²) in [5, 5.41) is 1.11. The first-order chi connectivity index (χ1) is 7.86. The Labute approximate surface area is 112 Å². The van der Waals surface area contributed by atoms with E-state index in [0.29, 0.717) is 5.41 Å². The summed E-state index contributed by atoms with van der Waals surface area (Å²) in [4.78, 5) is 13.8. The maximum Gasteiger partial charge on any atom is 0.410 e. The molecule has 1 aliphatic carbocycles. The molecule has 4 heteroatoms. The summed E-state index contributed by atoms with van der Waals surface area (Å²) in [6.07, 6.45) is 3.47. The molecule has 0 aromatic carbocycles. The van der Waals surface area contributed by atoms with E-state index < -0.39 is 0 Å². The van der Waals surface area contributed by atoms with Crippen molar-refractivity contribution in [1.82, 2.24) is 4.90 Å². The van der Waals surface area contributed by atoms with Gasteiger partial charge in [-0.05, 0) is 51.4 Å². The predicted molar refractivity (Wildman–Crippen MR) is 71.4 cm³/mol. The van der Waals surface area contributed by atoms with Crippen LogP contribution in [0.4, 0.5) is 4.79 Å². The molecule has 2 rings (SSSR count). The molecule has 1 heterocycles. The molecule has 0 N–H and O–H groups in total. The van der Waals surface area contributed by atoms with Crippen LogP contribution in [-0.2, 0) is 4.74 Å². The standard InChI is InChI=1S/C13H22BrNO2/c1-12(2,3)17-11(16)15-6-4-13(5-7-15)8-10(13)9-14/h10H,4-9H2,1-3H3/t10-/m0/s1. The van der Waals surface area contributed by atoms with Crippen molar-refractivity contribution in [2.45, 2.75) is 45.6 Å². The second kappa shape index (κ2) is 4.45. The summed E-state index contributed by atoms with van der Waals surface area (Å²) in [7, 11) is 0. The number of carbonyl (C=O) groups is 1. The first-order valence-electron chi connectivity index (χ1n) is 6.40. The number of ether oxygens (including phenoxy) is 1. The molecule has 0 radical (unpaired) electrons. The molecule has 2 fully saturated rings. The molecule has 0 bridgehead atoms. The van der Waals surface area contributed by atoms with Crippen molar-refractivity contribution < 1.29 is 9.53 Å². The van der Waals surface area contributed by atoms with Gasteiger partial charge < -0.3 is 9.64 Å². The van der Waals surface area contributed by atoms with Crippen LogP contribution in [0.5, 0.6) is 0 Å². The van der Waals surface area contributed by atoms with E-state index in [1.165, 1.54) is 6.42 Å². The molecule has 1 saturated heterocycles. The van der Waals surface area contributed by atoms with E-state index in [-0.39, 0.29) is 11.7 Å². The van der Waals surface area contributed by atoms with E-state index >= 15 is 0 Å². The number of carbonyl (C=O) groups excluding carboxylic acids is 1. The number of amides is 1. The Bertz CT molecular complexity index is 303. The minimum Gasteiger partial charge on any atom is -0.444 e. The minimum absolute atomic E-state index is 0.150. The van der Waals surface area contributed by atoms with Gasteiger partial charge >= 0.3 is 6.09 Å². The Morgan fingerprint density at radius 1 is 1.41 bits per heavy atom. The van der Waals surface area contributed by atoms with Crippen LogP contribution in [0, 0.1) is 11.3 Å². The number of halogens is 1. The van der Waals surface area contributed by atoms with Crippen molar-refractivity contribution in [3.05, 3.63) is 0 Å². The lowest BCUT2D eigenvalue weighted by Crippen LogP contribution is -2.42. The number of rotatable bonds is 1. The van der Waals surface area contributed by atoms with Crippen LogP contribution < -0.4 is 0 Å². The largest absolute Gasteiger partial charge is 0.444 e. The van der Waals surface area contributed by atoms with Crippen molar-refractivity contribution in [3.8, 4) is 0 Å². The Balaban J connectivity index is 1.82. The Hall–Kier alpha value is -0.250. The van der Waals surface area contributed by atoms with Gasteiger partial charge in [0.2, 0.25) is 0 Å². The lowest BCUT2D eigenvalue weighted by molar-refractivity contribution is 0.0167. The topological polar surface area (TPSA) is 29.5 Å². The fourth-order valence-electron chi connectivity index (χ4n) is 2.72. The van der Waals surface area contributed by atoms with Crippen LogP contribution in [0.1, 0.15) is 40.0 Å². The zero-order valence-electron chi connectivity index (χ0n) is 11.0. The van der Waals surface area contributed by atoms with Gasteiger partial charge in [0, 0.05) is 18.4 Å². The van der Waals surface area contributed by atoms with Crippen molar-refractivity contribution in [3.63, 3.8) is 0 Å². The van der Waals surface area contributed by atoms with Gasteiger partial charge in [-0.15, -0.1) is 0 Å². The first kappa shape index (κ1) is 13.2. The average Bonchev–Trinajstić information content (AvgIpc) is 2.90. The second-order valence-electron chi connectivity index (χ2n) is 6.39. The molecule has 0 aromatic rings. The fraction of sp³-hybridized carbons (Fsp3) is 0.923. The molecular formula is C13H22BrNO2. The number of nitrogens with zero attached hydrogens (tertiary/aromatic N) is 1. The lowest BCUT2D eigenvalue weighted by Gasteiger charge is -2.34. The zero-order valence-corrected chi connectivity index (χ0v) is 12.5. The van der Waals surface area contributed by atoms with Crippen LogP contribution in [0.3, 0.4) is 0 Å². The van der Waals surface area contributed by atoms with E-state index in [0.717, 1.165) is 37.2 Å². The van der Waals surface area contributed by atoms with Crippen molar-refractivity contribution in [1.29, 1.82) is 0 Å². The molecular weight excluding hydrogens is 282 g/mol. The van der Waals surface area contributed by atoms with Gasteiger partial charge in [0.15, 0.2) is 0 Å². The van der Waals surface area contributed by atoms with Crippen molar-refractivity contribution in [2.75, 3.05) is 18.4 Å². The number of piperidine rings is 1. The van der Waals surface area contributed by atoms with E-state index in [2.05, 4.69) is 15.9 Å². The molecule has 1 spiro atoms. The third kappa shape index (κ3) is 2.95. The van der Waals surface area contributed by atoms with Gasteiger partial charge in [0.1, 0.15) is 5.60 Å². The van der Waals surface area contributed by atoms with Crippen LogP contribution in [0.15, 0.2) is 0 Å². The second-order valence-corrected chi connectivity index (χ2v) is 7.03. The number of alkyl halides is 1. The molecule has 1 aliphatic heterocycles. The van der Waals surface area contributed by atoms with E-state index in [1.54, 1.807) is 0 Å². The van der Waals surface area contributed by atoms with Crippen LogP contribution >= 0.6 is 15.9 Å². The third-order valence-electron chi connectivity index (χ3n) is 3.96. The highest BCUT2D eigenvalue weighted by Gasteiger charge is 2.54. The lowest BCUT2D eigenvalue weighted by atomic mass is 9.91. The van der Waals surface area contributed by atoms with Crippen LogP contribution in [0.2, 0.25) is 0 Å². The fourth-order valence-corrected chi connectivity index (χ4v) is 3.64. The predicted octanol–water partition coefficient (Wildman–Crippen LogP) is 3.42. The highest BCUT2D eigenvalue weighted by Crippen LogP contribution is 2.59. The molecule has 98 valence electrons. The molecule has 1 atom stereocenters. The van der Waals surface area contributed by atoms with Gasteiger partial charge in [-0.1, -0.05) is 15.9 Å². The molecule has 3 nitrogen and oxygen atoms in total. The highest BCUT2D eigenvalue weighted by molar-refractivity contribution is 9.09. The van der Waals surface area contributed by atoms with Crippen LogP contribution in [-0.4, -0.2) is 35.0 Å². The van der Waals surface area contributed by atoms with Gasteiger partial charge in [0.25, 0.3) is 0 Å². The molecule has 1 amide bonds. The summed E-state index contributed by atoms with van der Waals surface area (Å²) in [6, 6.07) is 0. The van der Waals surface area contributed by atoms with Gasteiger partial charge in [-0.25, -0.2) is 4.79 Å². The molecule has 1 saturated carbocycles. The Morgan fingerprint density at radius 2 is 2.00 bits per heavy atom. The minimum atomic E-state index is -0.385. The van der Waals surface area contributed by atoms with Gasteiger partial charge in [-0.3, -0.25) is 0 Å². The Kier molecular flexibility index (Phi) is 3.45. The van der Waals surface area contributed by atoms with Crippen LogP contribution in [0.25, 0.3) is 0 Å². The molecule has 0 aromatic heterocycles. The first-order valence-corrected chi connectivity index (χ1v) is 7.52. The average molecular weight is 304 g/mol. The maximum atomic E-state index is 11.9. The summed E-state index contributed by atoms with van der Waals surface area (Å²) >= 11 is 3.57.